The summed E-state index contributed by atoms with van der Waals surface area (Å²) >= 11 is 5.95. The van der Waals surface area contributed by atoms with E-state index in [0.29, 0.717) is 11.5 Å². The fraction of sp³-hybridized carbons (Fsp3) is 0.333. The van der Waals surface area contributed by atoms with E-state index in [1.54, 1.807) is 4.68 Å². The molecule has 6 nitrogen and oxygen atoms in total. The lowest BCUT2D eigenvalue weighted by molar-refractivity contribution is 0.510. The van der Waals surface area contributed by atoms with Gasteiger partial charge in [-0.15, -0.1) is 0 Å². The highest BCUT2D eigenvalue weighted by Gasteiger charge is 2.22. The predicted molar refractivity (Wildman–Crippen MR) is 77.2 cm³/mol. The van der Waals surface area contributed by atoms with Crippen LogP contribution in [0.2, 0.25) is 5.02 Å². The van der Waals surface area contributed by atoms with E-state index in [1.807, 2.05) is 13.8 Å². The molecule has 0 atom stereocenters. The van der Waals surface area contributed by atoms with E-state index < -0.39 is 9.84 Å². The normalized spacial score (nSPS) is 12.0. The molecule has 0 aliphatic heterocycles. The minimum atomic E-state index is -3.60. The largest absolute Gasteiger partial charge is 0.399 e. The van der Waals surface area contributed by atoms with Crippen molar-refractivity contribution in [2.75, 3.05) is 5.73 Å². The zero-order valence-corrected chi connectivity index (χ0v) is 12.7. The van der Waals surface area contributed by atoms with Crippen molar-refractivity contribution in [3.05, 3.63) is 35.4 Å². The fourth-order valence-corrected chi connectivity index (χ4v) is 3.70. The number of nitrogen functional groups attached to an aromatic ring is 1. The molecule has 0 aliphatic carbocycles. The maximum Gasteiger partial charge on any atom is 0.187 e. The van der Waals surface area contributed by atoms with Crippen LogP contribution >= 0.6 is 11.6 Å². The lowest BCUT2D eigenvalue weighted by Gasteiger charge is -2.10. The van der Waals surface area contributed by atoms with Crippen LogP contribution in [0.1, 0.15) is 25.7 Å². The summed E-state index contributed by atoms with van der Waals surface area (Å²) in [6, 6.07) is 4.36. The van der Waals surface area contributed by atoms with Crippen LogP contribution in [0.3, 0.4) is 0 Å². The number of benzene rings is 1. The van der Waals surface area contributed by atoms with Crippen LogP contribution in [-0.2, 0) is 15.6 Å². The third kappa shape index (κ3) is 2.94. The molecule has 1 aromatic carbocycles. The van der Waals surface area contributed by atoms with E-state index >= 15 is 0 Å². The Kier molecular flexibility index (Phi) is 4.01. The van der Waals surface area contributed by atoms with E-state index in [2.05, 4.69) is 10.1 Å². The van der Waals surface area contributed by atoms with Gasteiger partial charge < -0.3 is 5.73 Å². The van der Waals surface area contributed by atoms with Crippen molar-refractivity contribution >= 4 is 27.1 Å². The molecule has 1 aromatic heterocycles. The number of rotatable bonds is 4. The number of sulfone groups is 1. The number of nitrogens with zero attached hydrogens (tertiary/aromatic N) is 3. The predicted octanol–water partition coefficient (Wildman–Crippen LogP) is 2.07. The van der Waals surface area contributed by atoms with Crippen molar-refractivity contribution in [1.82, 2.24) is 14.8 Å². The van der Waals surface area contributed by atoms with Gasteiger partial charge in [-0.2, -0.15) is 5.10 Å². The van der Waals surface area contributed by atoms with Crippen LogP contribution in [0, 0.1) is 0 Å². The maximum absolute atomic E-state index is 12.4. The van der Waals surface area contributed by atoms with Gasteiger partial charge in [0.15, 0.2) is 9.84 Å². The second-order valence-electron chi connectivity index (χ2n) is 4.66. The molecule has 0 fully saturated rings. The fourth-order valence-electron chi connectivity index (χ4n) is 1.83. The van der Waals surface area contributed by atoms with Gasteiger partial charge in [-0.3, -0.25) is 0 Å². The van der Waals surface area contributed by atoms with Gasteiger partial charge in [-0.1, -0.05) is 11.6 Å². The van der Waals surface area contributed by atoms with Gasteiger partial charge in [-0.05, 0) is 32.0 Å². The number of hydrogen-bond acceptors (Lipinski definition) is 5. The number of nitrogens with two attached hydrogens (primary N) is 1. The second-order valence-corrected chi connectivity index (χ2v) is 7.03. The molecule has 8 heteroatoms. The second kappa shape index (κ2) is 5.41. The minimum Gasteiger partial charge on any atom is -0.399 e. The Morgan fingerprint density at radius 1 is 1.40 bits per heavy atom. The number of hydrogen-bond donors (Lipinski definition) is 1. The standard InChI is InChI=1S/C12H15ClN4O2S/c1-8(2)17-12(15-7-16-17)6-20(18,19)11-4-3-9(14)5-10(11)13/h3-5,7-8H,6,14H2,1-2H3. The van der Waals surface area contributed by atoms with E-state index in [9.17, 15) is 8.42 Å². The first-order valence-electron chi connectivity index (χ1n) is 5.97. The molecule has 0 saturated heterocycles. The average molecular weight is 315 g/mol. The van der Waals surface area contributed by atoms with Crippen LogP contribution in [0.4, 0.5) is 5.69 Å². The zero-order valence-electron chi connectivity index (χ0n) is 11.1. The molecule has 0 saturated carbocycles. The SMILES string of the molecule is CC(C)n1ncnc1CS(=O)(=O)c1ccc(N)cc1Cl. The highest BCUT2D eigenvalue weighted by Crippen LogP contribution is 2.26. The zero-order chi connectivity index (χ0) is 14.9. The molecule has 2 N–H and O–H groups in total. The van der Waals surface area contributed by atoms with Crippen molar-refractivity contribution in [2.45, 2.75) is 30.5 Å². The average Bonchev–Trinajstić information content (AvgIpc) is 2.75. The first kappa shape index (κ1) is 14.8. The molecule has 0 unspecified atom stereocenters. The van der Waals surface area contributed by atoms with Crippen molar-refractivity contribution in [1.29, 1.82) is 0 Å². The van der Waals surface area contributed by atoms with E-state index in [0.717, 1.165) is 0 Å². The lowest BCUT2D eigenvalue weighted by atomic mass is 10.3. The van der Waals surface area contributed by atoms with Crippen molar-refractivity contribution in [3.63, 3.8) is 0 Å². The Morgan fingerprint density at radius 2 is 2.10 bits per heavy atom. The molecular formula is C12H15ClN4O2S. The van der Waals surface area contributed by atoms with Crippen LogP contribution in [-0.4, -0.2) is 23.2 Å². The maximum atomic E-state index is 12.4. The molecule has 0 bridgehead atoms. The van der Waals surface area contributed by atoms with Gasteiger partial charge in [0.05, 0.1) is 9.92 Å². The van der Waals surface area contributed by atoms with Gasteiger partial charge in [-0.25, -0.2) is 18.1 Å². The molecule has 0 aliphatic rings. The van der Waals surface area contributed by atoms with Gasteiger partial charge in [0.25, 0.3) is 0 Å². The summed E-state index contributed by atoms with van der Waals surface area (Å²) in [7, 11) is -3.60. The Balaban J connectivity index is 2.38. The molecule has 1 heterocycles. The highest BCUT2D eigenvalue weighted by atomic mass is 35.5. The quantitative estimate of drug-likeness (QED) is 0.872. The third-order valence-corrected chi connectivity index (χ3v) is 4.84. The summed E-state index contributed by atoms with van der Waals surface area (Å²) < 4.78 is 26.4. The molecule has 108 valence electrons. The first-order valence-corrected chi connectivity index (χ1v) is 8.00. The van der Waals surface area contributed by atoms with Crippen molar-refractivity contribution in [2.24, 2.45) is 0 Å². The van der Waals surface area contributed by atoms with Crippen LogP contribution in [0.25, 0.3) is 0 Å². The number of aromatic nitrogens is 3. The summed E-state index contributed by atoms with van der Waals surface area (Å²) in [5, 5.41) is 4.13. The van der Waals surface area contributed by atoms with Gasteiger partial charge in [0.1, 0.15) is 17.9 Å². The molecule has 0 amide bonds. The lowest BCUT2D eigenvalue weighted by Crippen LogP contribution is -2.14. The summed E-state index contributed by atoms with van der Waals surface area (Å²) in [4.78, 5) is 4.05. The summed E-state index contributed by atoms with van der Waals surface area (Å²) in [5.74, 6) is 0.127. The van der Waals surface area contributed by atoms with Gasteiger partial charge in [0.2, 0.25) is 0 Å². The summed E-state index contributed by atoms with van der Waals surface area (Å²) in [6.45, 7) is 3.81. The number of halogens is 1. The van der Waals surface area contributed by atoms with Crippen LogP contribution < -0.4 is 5.73 Å². The number of anilines is 1. The Hall–Kier alpha value is -1.60. The van der Waals surface area contributed by atoms with E-state index in [4.69, 9.17) is 17.3 Å². The van der Waals surface area contributed by atoms with Crippen LogP contribution in [0.5, 0.6) is 0 Å². The Morgan fingerprint density at radius 3 is 2.70 bits per heavy atom. The van der Waals surface area contributed by atoms with Crippen LogP contribution in [0.15, 0.2) is 29.4 Å². The minimum absolute atomic E-state index is 0.0320. The van der Waals surface area contributed by atoms with Crippen molar-refractivity contribution in [3.8, 4) is 0 Å². The molecule has 2 rings (SSSR count). The smallest absolute Gasteiger partial charge is 0.187 e. The van der Waals surface area contributed by atoms with Gasteiger partial charge >= 0.3 is 0 Å². The molecule has 0 spiro atoms. The summed E-state index contributed by atoms with van der Waals surface area (Å²) in [6.07, 6.45) is 1.34. The molecule has 20 heavy (non-hydrogen) atoms. The monoisotopic (exact) mass is 314 g/mol. The molecule has 2 aromatic rings. The van der Waals surface area contributed by atoms with Gasteiger partial charge in [0, 0.05) is 11.7 Å². The van der Waals surface area contributed by atoms with E-state index in [1.165, 1.54) is 24.5 Å². The summed E-state index contributed by atoms with van der Waals surface area (Å²) in [5.41, 5.74) is 5.98. The van der Waals surface area contributed by atoms with Crippen molar-refractivity contribution < 1.29 is 8.42 Å². The molecular weight excluding hydrogens is 300 g/mol. The Bertz CT molecular complexity index is 725. The Labute approximate surface area is 122 Å². The highest BCUT2D eigenvalue weighted by molar-refractivity contribution is 7.90. The third-order valence-electron chi connectivity index (χ3n) is 2.75. The first-order chi connectivity index (χ1) is 9.31. The molecule has 0 radical (unpaired) electrons. The topological polar surface area (TPSA) is 90.9 Å². The van der Waals surface area contributed by atoms with E-state index in [-0.39, 0.29) is 21.7 Å².